The van der Waals surface area contributed by atoms with Gasteiger partial charge in [-0.15, -0.1) is 11.3 Å². The Labute approximate surface area is 100.0 Å². The molecule has 0 saturated carbocycles. The third kappa shape index (κ3) is 1.23. The van der Waals surface area contributed by atoms with E-state index < -0.39 is 0 Å². The lowest BCUT2D eigenvalue weighted by Gasteiger charge is -1.95. The van der Waals surface area contributed by atoms with Gasteiger partial charge in [0.15, 0.2) is 0 Å². The molecule has 17 heavy (non-hydrogen) atoms. The maximum absolute atomic E-state index is 4.38. The number of rotatable bonds is 0. The molecule has 80 valence electrons. The van der Waals surface area contributed by atoms with Gasteiger partial charge in [-0.2, -0.15) is 0 Å². The predicted molar refractivity (Wildman–Crippen MR) is 68.0 cm³/mol. The minimum Gasteiger partial charge on any atom is -0.251 e. The van der Waals surface area contributed by atoms with E-state index in [4.69, 9.17) is 0 Å². The van der Waals surface area contributed by atoms with Crippen LogP contribution in [0.2, 0.25) is 0 Å². The SMILES string of the molecule is c1ncc2cc3sc4nccnc4c3cc2n1. The highest BCUT2D eigenvalue weighted by Crippen LogP contribution is 2.33. The van der Waals surface area contributed by atoms with Crippen LogP contribution in [0, 0.1) is 0 Å². The van der Waals surface area contributed by atoms with Crippen LogP contribution in [0.15, 0.2) is 37.1 Å². The lowest BCUT2D eigenvalue weighted by atomic mass is 10.2. The van der Waals surface area contributed by atoms with E-state index in [1.54, 1.807) is 30.1 Å². The normalized spacial score (nSPS) is 11.5. The van der Waals surface area contributed by atoms with Crippen molar-refractivity contribution in [2.75, 3.05) is 0 Å². The maximum atomic E-state index is 4.38. The second-order valence-corrected chi connectivity index (χ2v) is 4.77. The first-order chi connectivity index (χ1) is 8.42. The molecule has 1 aromatic carbocycles. The van der Waals surface area contributed by atoms with E-state index in [0.717, 1.165) is 26.6 Å². The monoisotopic (exact) mass is 238 g/mol. The van der Waals surface area contributed by atoms with Crippen molar-refractivity contribution in [3.05, 3.63) is 37.1 Å². The average Bonchev–Trinajstić information content (AvgIpc) is 2.73. The summed E-state index contributed by atoms with van der Waals surface area (Å²) in [6.07, 6.45) is 6.83. The van der Waals surface area contributed by atoms with E-state index in [2.05, 4.69) is 32.1 Å². The quantitative estimate of drug-likeness (QED) is 0.472. The van der Waals surface area contributed by atoms with Gasteiger partial charge in [-0.25, -0.2) is 15.0 Å². The molecule has 0 bridgehead atoms. The molecular weight excluding hydrogens is 232 g/mol. The highest BCUT2D eigenvalue weighted by molar-refractivity contribution is 7.25. The fraction of sp³-hybridized carbons (Fsp3) is 0. The standard InChI is InChI=1S/C12H6N4S/c1-2-15-12-11(14-1)8-4-9-7(3-10(8)17-12)5-13-6-16-9/h1-6H. The Morgan fingerprint density at radius 2 is 1.94 bits per heavy atom. The van der Waals surface area contributed by atoms with Crippen LogP contribution in [-0.2, 0) is 0 Å². The summed E-state index contributed by atoms with van der Waals surface area (Å²) in [5.74, 6) is 0. The van der Waals surface area contributed by atoms with Gasteiger partial charge in [0.2, 0.25) is 0 Å². The summed E-state index contributed by atoms with van der Waals surface area (Å²) >= 11 is 1.65. The molecule has 4 rings (SSSR count). The van der Waals surface area contributed by atoms with Crippen molar-refractivity contribution in [3.63, 3.8) is 0 Å². The zero-order valence-electron chi connectivity index (χ0n) is 8.66. The van der Waals surface area contributed by atoms with Crippen LogP contribution >= 0.6 is 11.3 Å². The molecule has 3 heterocycles. The number of hydrogen-bond acceptors (Lipinski definition) is 5. The van der Waals surface area contributed by atoms with E-state index in [9.17, 15) is 0 Å². The van der Waals surface area contributed by atoms with Crippen molar-refractivity contribution in [2.45, 2.75) is 0 Å². The van der Waals surface area contributed by atoms with Crippen molar-refractivity contribution in [2.24, 2.45) is 0 Å². The van der Waals surface area contributed by atoms with Crippen LogP contribution < -0.4 is 0 Å². The topological polar surface area (TPSA) is 51.6 Å². The van der Waals surface area contributed by atoms with Crippen molar-refractivity contribution >= 4 is 42.7 Å². The molecule has 4 aromatic rings. The molecule has 0 saturated heterocycles. The molecule has 0 aliphatic rings. The van der Waals surface area contributed by atoms with Gasteiger partial charge in [-0.05, 0) is 12.1 Å². The van der Waals surface area contributed by atoms with Crippen molar-refractivity contribution in [3.8, 4) is 0 Å². The molecule has 0 radical (unpaired) electrons. The summed E-state index contributed by atoms with van der Waals surface area (Å²) in [5.41, 5.74) is 1.89. The molecule has 4 nitrogen and oxygen atoms in total. The maximum Gasteiger partial charge on any atom is 0.143 e. The van der Waals surface area contributed by atoms with Crippen LogP contribution in [0.4, 0.5) is 0 Å². The fourth-order valence-corrected chi connectivity index (χ4v) is 3.00. The van der Waals surface area contributed by atoms with Gasteiger partial charge >= 0.3 is 0 Å². The first-order valence-corrected chi connectivity index (χ1v) is 5.96. The Morgan fingerprint density at radius 1 is 1.00 bits per heavy atom. The number of benzene rings is 1. The van der Waals surface area contributed by atoms with E-state index in [0.29, 0.717) is 0 Å². The van der Waals surface area contributed by atoms with Gasteiger partial charge in [-0.1, -0.05) is 0 Å². The molecule has 0 unspecified atom stereocenters. The van der Waals surface area contributed by atoms with Gasteiger partial charge in [0.05, 0.1) is 5.52 Å². The average molecular weight is 238 g/mol. The van der Waals surface area contributed by atoms with Gasteiger partial charge in [-0.3, -0.25) is 4.98 Å². The molecule has 5 heteroatoms. The number of thiophene rings is 1. The van der Waals surface area contributed by atoms with E-state index >= 15 is 0 Å². The van der Waals surface area contributed by atoms with Crippen molar-refractivity contribution in [1.29, 1.82) is 0 Å². The first-order valence-electron chi connectivity index (χ1n) is 5.15. The van der Waals surface area contributed by atoms with Crippen LogP contribution in [-0.4, -0.2) is 19.9 Å². The van der Waals surface area contributed by atoms with E-state index in [1.807, 2.05) is 6.20 Å². The van der Waals surface area contributed by atoms with Crippen LogP contribution in [0.25, 0.3) is 31.3 Å². The highest BCUT2D eigenvalue weighted by atomic mass is 32.1. The third-order valence-corrected chi connectivity index (χ3v) is 3.78. The molecule has 0 N–H and O–H groups in total. The zero-order valence-corrected chi connectivity index (χ0v) is 9.48. The van der Waals surface area contributed by atoms with Gasteiger partial charge in [0, 0.05) is 34.1 Å². The lowest BCUT2D eigenvalue weighted by molar-refractivity contribution is 1.22. The first kappa shape index (κ1) is 8.95. The van der Waals surface area contributed by atoms with Crippen molar-refractivity contribution in [1.82, 2.24) is 19.9 Å². The third-order valence-electron chi connectivity index (χ3n) is 2.73. The molecule has 0 aliphatic heterocycles. The summed E-state index contributed by atoms with van der Waals surface area (Å²) < 4.78 is 1.17. The van der Waals surface area contributed by atoms with Crippen LogP contribution in [0.3, 0.4) is 0 Å². The van der Waals surface area contributed by atoms with E-state index in [-0.39, 0.29) is 0 Å². The smallest absolute Gasteiger partial charge is 0.143 e. The number of fused-ring (bicyclic) bond motifs is 4. The van der Waals surface area contributed by atoms with Crippen LogP contribution in [0.1, 0.15) is 0 Å². The zero-order chi connectivity index (χ0) is 11.2. The number of hydrogen-bond donors (Lipinski definition) is 0. The van der Waals surface area contributed by atoms with Gasteiger partial charge < -0.3 is 0 Å². The Balaban J connectivity index is 2.28. The molecule has 0 fully saturated rings. The Bertz CT molecular complexity index is 847. The second kappa shape index (κ2) is 3.18. The summed E-state index contributed by atoms with van der Waals surface area (Å²) in [6, 6.07) is 4.15. The lowest BCUT2D eigenvalue weighted by Crippen LogP contribution is -1.80. The minimum atomic E-state index is 0.942. The summed E-state index contributed by atoms with van der Waals surface area (Å²) in [6.45, 7) is 0. The summed E-state index contributed by atoms with van der Waals surface area (Å²) in [7, 11) is 0. The van der Waals surface area contributed by atoms with Gasteiger partial charge in [0.25, 0.3) is 0 Å². The summed E-state index contributed by atoms with van der Waals surface area (Å²) in [4.78, 5) is 18.0. The molecule has 3 aromatic heterocycles. The van der Waals surface area contributed by atoms with Crippen LogP contribution in [0.5, 0.6) is 0 Å². The molecule has 0 spiro atoms. The molecule has 0 atom stereocenters. The second-order valence-electron chi connectivity index (χ2n) is 3.74. The summed E-state index contributed by atoms with van der Waals surface area (Å²) in [5, 5.41) is 2.16. The fourth-order valence-electron chi connectivity index (χ4n) is 1.97. The highest BCUT2D eigenvalue weighted by Gasteiger charge is 2.08. The predicted octanol–water partition coefficient (Wildman–Crippen LogP) is 2.79. The molecular formula is C12H6N4S. The number of aromatic nitrogens is 4. The minimum absolute atomic E-state index is 0.942. The number of nitrogens with zero attached hydrogens (tertiary/aromatic N) is 4. The Kier molecular flexibility index (Phi) is 1.67. The Morgan fingerprint density at radius 3 is 2.94 bits per heavy atom. The van der Waals surface area contributed by atoms with E-state index in [1.165, 1.54) is 4.70 Å². The molecule has 0 amide bonds. The van der Waals surface area contributed by atoms with Crippen molar-refractivity contribution < 1.29 is 0 Å². The Hall–Kier alpha value is -2.14. The largest absolute Gasteiger partial charge is 0.251 e. The van der Waals surface area contributed by atoms with Gasteiger partial charge in [0.1, 0.15) is 16.7 Å². The molecule has 0 aliphatic carbocycles.